The molecule has 1 N–H and O–H groups in total. The van der Waals surface area contributed by atoms with Gasteiger partial charge >= 0.3 is 0 Å². The number of rotatable bonds is 3. The van der Waals surface area contributed by atoms with Gasteiger partial charge in [0.05, 0.1) is 12.0 Å². The van der Waals surface area contributed by atoms with Gasteiger partial charge < -0.3 is 14.2 Å². The quantitative estimate of drug-likeness (QED) is 0.606. The van der Waals surface area contributed by atoms with Gasteiger partial charge in [0.2, 0.25) is 0 Å². The van der Waals surface area contributed by atoms with E-state index in [-0.39, 0.29) is 0 Å². The molecule has 88 valence electrons. The normalized spacial score (nSPS) is 26.3. The number of nitrogens with one attached hydrogen (secondary N) is 1. The maximum atomic E-state index is 5.63. The molecule has 16 heavy (non-hydrogen) atoms. The summed E-state index contributed by atoms with van der Waals surface area (Å²) >= 11 is 1.34. The molecule has 0 aromatic carbocycles. The van der Waals surface area contributed by atoms with E-state index in [1.54, 1.807) is 6.08 Å². The Morgan fingerprint density at radius 2 is 2.50 bits per heavy atom. The lowest BCUT2D eigenvalue weighted by Crippen LogP contribution is -2.26. The molecular weight excluding hydrogens is 222 g/mol. The van der Waals surface area contributed by atoms with E-state index in [4.69, 9.17) is 8.92 Å². The minimum Gasteiger partial charge on any atom is -0.480 e. The summed E-state index contributed by atoms with van der Waals surface area (Å²) in [5.74, 6) is 2.28. The summed E-state index contributed by atoms with van der Waals surface area (Å²) in [4.78, 5) is 0. The number of hydrogen-bond donors (Lipinski definition) is 1. The lowest BCUT2D eigenvalue weighted by molar-refractivity contribution is 0.228. The van der Waals surface area contributed by atoms with Crippen LogP contribution in [-0.4, -0.2) is 18.5 Å². The summed E-state index contributed by atoms with van der Waals surface area (Å²) in [6.45, 7) is 6.78. The van der Waals surface area contributed by atoms with Crippen LogP contribution in [0.4, 0.5) is 0 Å². The Kier molecular flexibility index (Phi) is 3.96. The van der Waals surface area contributed by atoms with E-state index < -0.39 is 0 Å². The van der Waals surface area contributed by atoms with Gasteiger partial charge in [-0.05, 0) is 26.3 Å². The van der Waals surface area contributed by atoms with Crippen LogP contribution >= 0.6 is 12.0 Å². The Hall–Kier alpha value is -0.870. The van der Waals surface area contributed by atoms with Crippen LogP contribution in [0.3, 0.4) is 0 Å². The van der Waals surface area contributed by atoms with E-state index in [2.05, 4.69) is 11.9 Å². The predicted octanol–water partition coefficient (Wildman–Crippen LogP) is 2.73. The Morgan fingerprint density at radius 1 is 1.62 bits per heavy atom. The average Bonchev–Trinajstić information content (AvgIpc) is 2.80. The minimum atomic E-state index is 0.366. The first kappa shape index (κ1) is 11.6. The molecule has 4 heteroatoms. The number of allylic oxidation sites excluding steroid dienone is 3. The molecule has 0 spiro atoms. The largest absolute Gasteiger partial charge is 0.480 e. The van der Waals surface area contributed by atoms with Crippen LogP contribution in [0.5, 0.6) is 0 Å². The summed E-state index contributed by atoms with van der Waals surface area (Å²) in [5, 5.41) is 3.46. The summed E-state index contributed by atoms with van der Waals surface area (Å²) in [6.07, 6.45) is 6.17. The van der Waals surface area contributed by atoms with Crippen LogP contribution in [0.15, 0.2) is 35.8 Å². The second-order valence-corrected chi connectivity index (χ2v) is 4.49. The Balaban J connectivity index is 2.24. The van der Waals surface area contributed by atoms with E-state index in [0.717, 1.165) is 30.1 Å². The minimum absolute atomic E-state index is 0.366. The molecule has 2 aliphatic rings. The highest BCUT2D eigenvalue weighted by Gasteiger charge is 2.26. The standard InChI is InChI=1S/C12H17NO2S/c1-3-5-10(11-6-4-7-13-11)12-9(2)14-8-16-15-12/h3,5,11,13H,1,4,6-8H2,2H3/b10-5-. The van der Waals surface area contributed by atoms with Gasteiger partial charge in [0.1, 0.15) is 5.76 Å². The molecule has 1 atom stereocenters. The molecule has 2 rings (SSSR count). The van der Waals surface area contributed by atoms with Gasteiger partial charge in [-0.3, -0.25) is 0 Å². The summed E-state index contributed by atoms with van der Waals surface area (Å²) in [7, 11) is 0. The maximum Gasteiger partial charge on any atom is 0.179 e. The third-order valence-corrected chi connectivity index (χ3v) is 3.28. The van der Waals surface area contributed by atoms with E-state index >= 15 is 0 Å². The first-order chi connectivity index (χ1) is 7.83. The SMILES string of the molecule is C=C/C=C(\C1=C(C)OCSO1)C1CCCN1. The molecule has 0 aliphatic carbocycles. The van der Waals surface area contributed by atoms with Gasteiger partial charge in [0.25, 0.3) is 0 Å². The van der Waals surface area contributed by atoms with E-state index in [0.29, 0.717) is 12.0 Å². The molecule has 0 saturated carbocycles. The number of hydrogen-bond acceptors (Lipinski definition) is 4. The van der Waals surface area contributed by atoms with Crippen molar-refractivity contribution in [3.05, 3.63) is 35.8 Å². The summed E-state index contributed by atoms with van der Waals surface area (Å²) in [6, 6.07) is 0.366. The molecule has 3 nitrogen and oxygen atoms in total. The van der Waals surface area contributed by atoms with Crippen molar-refractivity contribution in [1.82, 2.24) is 5.32 Å². The first-order valence-corrected chi connectivity index (χ1v) is 6.43. The summed E-state index contributed by atoms with van der Waals surface area (Å²) in [5.41, 5.74) is 1.15. The molecule has 0 amide bonds. The monoisotopic (exact) mass is 239 g/mol. The second-order valence-electron chi connectivity index (χ2n) is 3.86. The van der Waals surface area contributed by atoms with Crippen molar-refractivity contribution in [3.8, 4) is 0 Å². The van der Waals surface area contributed by atoms with E-state index in [1.165, 1.54) is 18.5 Å². The topological polar surface area (TPSA) is 30.5 Å². The fraction of sp³-hybridized carbons (Fsp3) is 0.500. The zero-order valence-corrected chi connectivity index (χ0v) is 10.3. The first-order valence-electron chi connectivity index (χ1n) is 5.52. The molecule has 0 radical (unpaired) electrons. The Bertz CT molecular complexity index is 330. The molecule has 0 bridgehead atoms. The highest BCUT2D eigenvalue weighted by molar-refractivity contribution is 7.94. The van der Waals surface area contributed by atoms with E-state index in [9.17, 15) is 0 Å². The van der Waals surface area contributed by atoms with E-state index in [1.807, 2.05) is 13.0 Å². The van der Waals surface area contributed by atoms with Crippen molar-refractivity contribution in [2.24, 2.45) is 0 Å². The fourth-order valence-electron chi connectivity index (χ4n) is 2.00. The van der Waals surface area contributed by atoms with Crippen molar-refractivity contribution in [1.29, 1.82) is 0 Å². The predicted molar refractivity (Wildman–Crippen MR) is 66.6 cm³/mol. The van der Waals surface area contributed by atoms with Crippen molar-refractivity contribution in [3.63, 3.8) is 0 Å². The van der Waals surface area contributed by atoms with Gasteiger partial charge in [0, 0.05) is 11.6 Å². The van der Waals surface area contributed by atoms with Crippen molar-refractivity contribution in [2.75, 3.05) is 12.5 Å². The molecule has 0 aromatic rings. The Labute approximate surface area is 101 Å². The van der Waals surface area contributed by atoms with Crippen LogP contribution in [0.1, 0.15) is 19.8 Å². The zero-order valence-electron chi connectivity index (χ0n) is 9.49. The van der Waals surface area contributed by atoms with Gasteiger partial charge in [-0.1, -0.05) is 18.7 Å². The number of ether oxygens (including phenoxy) is 1. The van der Waals surface area contributed by atoms with Gasteiger partial charge in [-0.15, -0.1) is 0 Å². The lowest BCUT2D eigenvalue weighted by atomic mass is 10.0. The fourth-order valence-corrected chi connectivity index (χ4v) is 2.60. The molecule has 1 unspecified atom stereocenters. The second kappa shape index (κ2) is 5.46. The van der Waals surface area contributed by atoms with Gasteiger partial charge in [-0.25, -0.2) is 0 Å². The molecule has 2 aliphatic heterocycles. The third-order valence-electron chi connectivity index (χ3n) is 2.78. The molecule has 2 heterocycles. The summed E-state index contributed by atoms with van der Waals surface area (Å²) < 4.78 is 11.1. The van der Waals surface area contributed by atoms with Crippen LogP contribution in [0, 0.1) is 0 Å². The third kappa shape index (κ3) is 2.44. The lowest BCUT2D eigenvalue weighted by Gasteiger charge is -2.23. The van der Waals surface area contributed by atoms with Crippen molar-refractivity contribution in [2.45, 2.75) is 25.8 Å². The highest BCUT2D eigenvalue weighted by Crippen LogP contribution is 2.32. The van der Waals surface area contributed by atoms with Crippen LogP contribution in [-0.2, 0) is 8.92 Å². The van der Waals surface area contributed by atoms with Crippen LogP contribution in [0.2, 0.25) is 0 Å². The Morgan fingerprint density at radius 3 is 3.12 bits per heavy atom. The van der Waals surface area contributed by atoms with Crippen molar-refractivity contribution >= 4 is 12.0 Å². The van der Waals surface area contributed by atoms with Crippen LogP contribution in [0.25, 0.3) is 0 Å². The van der Waals surface area contributed by atoms with Gasteiger partial charge in [-0.2, -0.15) is 0 Å². The zero-order chi connectivity index (χ0) is 11.4. The maximum absolute atomic E-state index is 5.63. The van der Waals surface area contributed by atoms with Gasteiger partial charge in [0.15, 0.2) is 11.7 Å². The molecule has 1 saturated heterocycles. The smallest absolute Gasteiger partial charge is 0.179 e. The molecule has 0 aromatic heterocycles. The molecule has 1 fully saturated rings. The molecular formula is C12H17NO2S. The van der Waals surface area contributed by atoms with Crippen molar-refractivity contribution < 1.29 is 8.92 Å². The average molecular weight is 239 g/mol. The van der Waals surface area contributed by atoms with Crippen LogP contribution < -0.4 is 5.32 Å². The highest BCUT2D eigenvalue weighted by atomic mass is 32.2.